The summed E-state index contributed by atoms with van der Waals surface area (Å²) in [7, 11) is 0. The SMILES string of the molecule is CCC(C(=O)NC(C)C)N(Cc1ccccc1C)C(=O)Cc1c(F)cccc1Cl. The molecular weight excluding hydrogens is 391 g/mol. The first kappa shape index (κ1) is 22.9. The van der Waals surface area contributed by atoms with Crippen molar-refractivity contribution in [1.29, 1.82) is 0 Å². The highest BCUT2D eigenvalue weighted by Gasteiger charge is 2.30. The van der Waals surface area contributed by atoms with Crippen LogP contribution in [0.25, 0.3) is 0 Å². The molecule has 156 valence electrons. The van der Waals surface area contributed by atoms with E-state index in [1.54, 1.807) is 6.07 Å². The number of halogens is 2. The van der Waals surface area contributed by atoms with Crippen molar-refractivity contribution in [2.45, 2.75) is 59.2 Å². The zero-order chi connectivity index (χ0) is 21.6. The van der Waals surface area contributed by atoms with E-state index in [-0.39, 0.29) is 41.4 Å². The summed E-state index contributed by atoms with van der Waals surface area (Å²) < 4.78 is 14.2. The van der Waals surface area contributed by atoms with Gasteiger partial charge in [-0.15, -0.1) is 0 Å². The van der Waals surface area contributed by atoms with Crippen LogP contribution in [0.2, 0.25) is 5.02 Å². The number of benzene rings is 2. The van der Waals surface area contributed by atoms with Gasteiger partial charge in [-0.2, -0.15) is 0 Å². The van der Waals surface area contributed by atoms with Gasteiger partial charge in [0.05, 0.1) is 6.42 Å². The quantitative estimate of drug-likeness (QED) is 0.677. The van der Waals surface area contributed by atoms with Crippen LogP contribution >= 0.6 is 11.6 Å². The summed E-state index contributed by atoms with van der Waals surface area (Å²) in [6.45, 7) is 7.83. The highest BCUT2D eigenvalue weighted by molar-refractivity contribution is 6.31. The van der Waals surface area contributed by atoms with Crippen LogP contribution in [-0.2, 0) is 22.6 Å². The molecule has 2 aromatic rings. The molecule has 0 aromatic heterocycles. The Hall–Kier alpha value is -2.40. The molecule has 4 nitrogen and oxygen atoms in total. The number of rotatable bonds is 8. The molecule has 1 unspecified atom stereocenters. The molecule has 0 aliphatic heterocycles. The predicted molar refractivity (Wildman–Crippen MR) is 114 cm³/mol. The van der Waals surface area contributed by atoms with Gasteiger partial charge in [0.1, 0.15) is 11.9 Å². The fourth-order valence-corrected chi connectivity index (χ4v) is 3.46. The lowest BCUT2D eigenvalue weighted by molar-refractivity contribution is -0.141. The number of hydrogen-bond acceptors (Lipinski definition) is 2. The number of aryl methyl sites for hydroxylation is 1. The standard InChI is InChI=1S/C23H28ClFN2O2/c1-5-21(23(29)26-15(2)3)27(14-17-10-7-6-9-16(17)4)22(28)13-18-19(24)11-8-12-20(18)25/h6-12,15,21H,5,13-14H2,1-4H3,(H,26,29). The number of amides is 2. The van der Waals surface area contributed by atoms with Crippen LogP contribution in [0.1, 0.15) is 43.9 Å². The van der Waals surface area contributed by atoms with Crippen molar-refractivity contribution >= 4 is 23.4 Å². The summed E-state index contributed by atoms with van der Waals surface area (Å²) in [5, 5.41) is 3.09. The van der Waals surface area contributed by atoms with Gasteiger partial charge in [-0.1, -0.05) is 48.9 Å². The van der Waals surface area contributed by atoms with Crippen molar-refractivity contribution < 1.29 is 14.0 Å². The molecule has 0 saturated heterocycles. The molecule has 2 aromatic carbocycles. The van der Waals surface area contributed by atoms with Gasteiger partial charge < -0.3 is 10.2 Å². The van der Waals surface area contributed by atoms with Crippen LogP contribution in [0.15, 0.2) is 42.5 Å². The Balaban J connectivity index is 2.38. The molecule has 6 heteroatoms. The van der Waals surface area contributed by atoms with E-state index in [0.29, 0.717) is 6.42 Å². The number of nitrogens with zero attached hydrogens (tertiary/aromatic N) is 1. The van der Waals surface area contributed by atoms with Gasteiger partial charge >= 0.3 is 0 Å². The molecule has 0 aliphatic rings. The second-order valence-corrected chi connectivity index (χ2v) is 7.82. The molecule has 0 heterocycles. The van der Waals surface area contributed by atoms with Crippen LogP contribution in [0.3, 0.4) is 0 Å². The van der Waals surface area contributed by atoms with Crippen LogP contribution in [0.5, 0.6) is 0 Å². The van der Waals surface area contributed by atoms with Gasteiger partial charge in [0.25, 0.3) is 0 Å². The molecule has 0 fully saturated rings. The van der Waals surface area contributed by atoms with Crippen LogP contribution < -0.4 is 5.32 Å². The third-order valence-electron chi connectivity index (χ3n) is 4.81. The molecule has 1 atom stereocenters. The van der Waals surface area contributed by atoms with Gasteiger partial charge in [-0.3, -0.25) is 9.59 Å². The summed E-state index contributed by atoms with van der Waals surface area (Å²) in [4.78, 5) is 27.6. The molecule has 0 saturated carbocycles. The summed E-state index contributed by atoms with van der Waals surface area (Å²) >= 11 is 6.12. The Morgan fingerprint density at radius 1 is 1.14 bits per heavy atom. The fraction of sp³-hybridized carbons (Fsp3) is 0.391. The van der Waals surface area contributed by atoms with Crippen LogP contribution in [0.4, 0.5) is 4.39 Å². The molecule has 0 bridgehead atoms. The molecule has 2 amide bonds. The number of nitrogens with one attached hydrogen (secondary N) is 1. The van der Waals surface area contributed by atoms with Crippen molar-refractivity contribution in [2.75, 3.05) is 0 Å². The molecule has 29 heavy (non-hydrogen) atoms. The van der Waals surface area contributed by atoms with Crippen LogP contribution in [0, 0.1) is 12.7 Å². The second kappa shape index (κ2) is 10.4. The van der Waals surface area contributed by atoms with E-state index in [2.05, 4.69) is 5.32 Å². The van der Waals surface area contributed by atoms with Crippen molar-refractivity contribution in [2.24, 2.45) is 0 Å². The first-order valence-corrected chi connectivity index (χ1v) is 10.2. The molecule has 1 N–H and O–H groups in total. The maximum Gasteiger partial charge on any atom is 0.243 e. The fourth-order valence-electron chi connectivity index (χ4n) is 3.23. The zero-order valence-corrected chi connectivity index (χ0v) is 18.1. The maximum atomic E-state index is 14.2. The second-order valence-electron chi connectivity index (χ2n) is 7.41. The van der Waals surface area contributed by atoms with E-state index >= 15 is 0 Å². The van der Waals surface area contributed by atoms with Gasteiger partial charge in [-0.05, 0) is 50.5 Å². The Morgan fingerprint density at radius 2 is 1.83 bits per heavy atom. The van der Waals surface area contributed by atoms with Gasteiger partial charge in [0.2, 0.25) is 11.8 Å². The van der Waals surface area contributed by atoms with Crippen molar-refractivity contribution in [1.82, 2.24) is 10.2 Å². The number of hydrogen-bond donors (Lipinski definition) is 1. The minimum atomic E-state index is -0.657. The summed E-state index contributed by atoms with van der Waals surface area (Å²) in [5.41, 5.74) is 2.11. The molecule has 0 radical (unpaired) electrons. The van der Waals surface area contributed by atoms with E-state index in [9.17, 15) is 14.0 Å². The lowest BCUT2D eigenvalue weighted by Crippen LogP contribution is -2.50. The average molecular weight is 419 g/mol. The van der Waals surface area contributed by atoms with Gasteiger partial charge in [-0.25, -0.2) is 4.39 Å². The highest BCUT2D eigenvalue weighted by atomic mass is 35.5. The molecule has 0 spiro atoms. The summed E-state index contributed by atoms with van der Waals surface area (Å²) in [6.07, 6.45) is 0.240. The van der Waals surface area contributed by atoms with E-state index < -0.39 is 11.9 Å². The van der Waals surface area contributed by atoms with Crippen molar-refractivity contribution in [3.05, 3.63) is 70.0 Å². The average Bonchev–Trinajstić information content (AvgIpc) is 2.65. The summed E-state index contributed by atoms with van der Waals surface area (Å²) in [6, 6.07) is 11.3. The number of carbonyl (C=O) groups excluding carboxylic acids is 2. The lowest BCUT2D eigenvalue weighted by Gasteiger charge is -2.32. The predicted octanol–water partition coefficient (Wildman–Crippen LogP) is 4.66. The van der Waals surface area contributed by atoms with Gasteiger partial charge in [0.15, 0.2) is 0 Å². The minimum absolute atomic E-state index is 0.0482. The monoisotopic (exact) mass is 418 g/mol. The zero-order valence-electron chi connectivity index (χ0n) is 17.3. The largest absolute Gasteiger partial charge is 0.352 e. The van der Waals surface area contributed by atoms with Crippen molar-refractivity contribution in [3.8, 4) is 0 Å². The van der Waals surface area contributed by atoms with E-state index in [0.717, 1.165) is 11.1 Å². The maximum absolute atomic E-state index is 14.2. The number of carbonyl (C=O) groups is 2. The van der Waals surface area contributed by atoms with E-state index in [1.165, 1.54) is 17.0 Å². The topological polar surface area (TPSA) is 49.4 Å². The normalized spacial score (nSPS) is 12.0. The third-order valence-corrected chi connectivity index (χ3v) is 5.16. The van der Waals surface area contributed by atoms with Crippen molar-refractivity contribution in [3.63, 3.8) is 0 Å². The lowest BCUT2D eigenvalue weighted by atomic mass is 10.0. The Morgan fingerprint density at radius 3 is 2.41 bits per heavy atom. The third kappa shape index (κ3) is 6.04. The van der Waals surface area contributed by atoms with E-state index in [4.69, 9.17) is 11.6 Å². The van der Waals surface area contributed by atoms with Crippen LogP contribution in [-0.4, -0.2) is 28.8 Å². The Bertz CT molecular complexity index is 849. The minimum Gasteiger partial charge on any atom is -0.352 e. The smallest absolute Gasteiger partial charge is 0.243 e. The first-order valence-electron chi connectivity index (χ1n) is 9.81. The van der Waals surface area contributed by atoms with Gasteiger partial charge in [0, 0.05) is 23.2 Å². The molecular formula is C23H28ClFN2O2. The van der Waals surface area contributed by atoms with E-state index in [1.807, 2.05) is 52.0 Å². The Labute approximate surface area is 177 Å². The summed E-state index contributed by atoms with van der Waals surface area (Å²) in [5.74, 6) is -1.09. The highest BCUT2D eigenvalue weighted by Crippen LogP contribution is 2.22. The first-order chi connectivity index (χ1) is 13.7. The Kier molecular flexibility index (Phi) is 8.21. The molecule has 2 rings (SSSR count). The molecule has 0 aliphatic carbocycles.